The number of nitrogens with one attached hydrogen (secondary N) is 1. The number of ether oxygens (including phenoxy) is 2. The molecule has 1 N–H and O–H groups in total. The number of aldehydes is 2. The normalized spacial score (nSPS) is 15.6. The summed E-state index contributed by atoms with van der Waals surface area (Å²) in [6.07, 6.45) is 1.42. The molecular weight excluding hydrogens is 446 g/mol. The minimum Gasteiger partial charge on any atom is -0.379 e. The first-order valence-electron chi connectivity index (χ1n) is 9.81. The van der Waals surface area contributed by atoms with Crippen molar-refractivity contribution in [2.75, 3.05) is 57.5 Å². The Morgan fingerprint density at radius 2 is 1.39 bits per heavy atom. The molecular formula is C22H25Cl2FN2O4. The third kappa shape index (κ3) is 8.93. The van der Waals surface area contributed by atoms with Crippen molar-refractivity contribution in [1.82, 2.24) is 5.32 Å². The van der Waals surface area contributed by atoms with Gasteiger partial charge in [0.25, 0.3) is 0 Å². The van der Waals surface area contributed by atoms with Crippen LogP contribution in [0.1, 0.15) is 20.7 Å². The minimum absolute atomic E-state index is 0.0235. The Kier molecular flexibility index (Phi) is 11.5. The van der Waals surface area contributed by atoms with E-state index in [1.54, 1.807) is 12.1 Å². The van der Waals surface area contributed by atoms with Crippen LogP contribution in [0.5, 0.6) is 0 Å². The third-order valence-electron chi connectivity index (χ3n) is 4.39. The van der Waals surface area contributed by atoms with Gasteiger partial charge in [-0.2, -0.15) is 0 Å². The lowest BCUT2D eigenvalue weighted by Crippen LogP contribution is -2.36. The lowest BCUT2D eigenvalue weighted by atomic mass is 10.2. The summed E-state index contributed by atoms with van der Waals surface area (Å²) in [5, 5.41) is 3.76. The molecule has 2 saturated heterocycles. The Balaban J connectivity index is 0.000000183. The Morgan fingerprint density at radius 3 is 1.84 bits per heavy atom. The Labute approximate surface area is 191 Å². The molecule has 168 valence electrons. The van der Waals surface area contributed by atoms with Gasteiger partial charge < -0.3 is 19.7 Å². The van der Waals surface area contributed by atoms with Crippen molar-refractivity contribution < 1.29 is 23.5 Å². The summed E-state index contributed by atoms with van der Waals surface area (Å²) in [5.41, 5.74) is 1.97. The maximum absolute atomic E-state index is 12.4. The van der Waals surface area contributed by atoms with Gasteiger partial charge >= 0.3 is 0 Å². The second kappa shape index (κ2) is 14.1. The third-order valence-corrected chi connectivity index (χ3v) is 4.98. The second-order valence-corrected chi connectivity index (χ2v) is 7.40. The number of nitrogens with zero attached hydrogens (tertiary/aromatic N) is 1. The molecule has 0 saturated carbocycles. The smallest absolute Gasteiger partial charge is 0.150 e. The molecule has 0 bridgehead atoms. The monoisotopic (exact) mass is 470 g/mol. The van der Waals surface area contributed by atoms with Crippen LogP contribution in [0, 0.1) is 5.82 Å². The van der Waals surface area contributed by atoms with E-state index in [9.17, 15) is 14.0 Å². The van der Waals surface area contributed by atoms with Crippen molar-refractivity contribution in [1.29, 1.82) is 0 Å². The molecule has 6 nitrogen and oxygen atoms in total. The van der Waals surface area contributed by atoms with Crippen molar-refractivity contribution in [3.63, 3.8) is 0 Å². The first kappa shape index (κ1) is 25.2. The van der Waals surface area contributed by atoms with E-state index in [4.69, 9.17) is 32.7 Å². The summed E-state index contributed by atoms with van der Waals surface area (Å²) in [5.74, 6) is -0.507. The average Bonchev–Trinajstić information content (AvgIpc) is 2.83. The van der Waals surface area contributed by atoms with Crippen LogP contribution in [-0.2, 0) is 9.47 Å². The van der Waals surface area contributed by atoms with Gasteiger partial charge in [-0.15, -0.1) is 0 Å². The number of rotatable bonds is 3. The molecule has 31 heavy (non-hydrogen) atoms. The van der Waals surface area contributed by atoms with Crippen molar-refractivity contribution in [3.8, 4) is 0 Å². The number of carbonyl (C=O) groups excluding carboxylic acids is 2. The van der Waals surface area contributed by atoms with E-state index in [0.29, 0.717) is 22.4 Å². The molecule has 2 aliphatic heterocycles. The van der Waals surface area contributed by atoms with E-state index in [2.05, 4.69) is 10.2 Å². The predicted molar refractivity (Wildman–Crippen MR) is 120 cm³/mol. The van der Waals surface area contributed by atoms with Crippen molar-refractivity contribution in [2.24, 2.45) is 0 Å². The fourth-order valence-corrected chi connectivity index (χ4v) is 3.26. The van der Waals surface area contributed by atoms with Gasteiger partial charge in [0.2, 0.25) is 0 Å². The molecule has 0 atom stereocenters. The highest BCUT2D eigenvalue weighted by molar-refractivity contribution is 6.33. The van der Waals surface area contributed by atoms with E-state index in [-0.39, 0.29) is 5.02 Å². The molecule has 2 fully saturated rings. The molecule has 0 amide bonds. The quantitative estimate of drug-likeness (QED) is 0.686. The standard InChI is InChI=1S/C11H12ClNO2.C7H4ClFO.C4H9NO/c12-10-7-9(8-14)1-2-11(10)13-3-5-15-6-4-13;8-6-3-5(4-10)1-2-7(6)9;1-3-6-4-2-5-1/h1-2,7-8H,3-6H2;1-4H;5H,1-4H2. The van der Waals surface area contributed by atoms with Crippen LogP contribution in [0.4, 0.5) is 10.1 Å². The summed E-state index contributed by atoms with van der Waals surface area (Å²) in [6, 6.07) is 9.17. The molecule has 0 radical (unpaired) electrons. The van der Waals surface area contributed by atoms with E-state index in [1.165, 1.54) is 12.1 Å². The number of halogens is 3. The van der Waals surface area contributed by atoms with Gasteiger partial charge in [-0.25, -0.2) is 4.39 Å². The molecule has 2 aliphatic rings. The highest BCUT2D eigenvalue weighted by atomic mass is 35.5. The molecule has 0 spiro atoms. The van der Waals surface area contributed by atoms with Gasteiger partial charge in [-0.3, -0.25) is 9.59 Å². The fraction of sp³-hybridized carbons (Fsp3) is 0.364. The molecule has 2 heterocycles. The van der Waals surface area contributed by atoms with Gasteiger partial charge in [0.1, 0.15) is 18.4 Å². The molecule has 2 aromatic carbocycles. The first-order chi connectivity index (χ1) is 15.0. The molecule has 0 unspecified atom stereocenters. The van der Waals surface area contributed by atoms with Crippen LogP contribution in [0.15, 0.2) is 36.4 Å². The van der Waals surface area contributed by atoms with E-state index in [0.717, 1.165) is 70.6 Å². The van der Waals surface area contributed by atoms with Crippen LogP contribution >= 0.6 is 23.2 Å². The predicted octanol–water partition coefficient (Wildman–Crippen LogP) is 3.89. The number of morpholine rings is 2. The lowest BCUT2D eigenvalue weighted by Gasteiger charge is -2.29. The summed E-state index contributed by atoms with van der Waals surface area (Å²) in [6.45, 7) is 6.98. The van der Waals surface area contributed by atoms with E-state index >= 15 is 0 Å². The average molecular weight is 471 g/mol. The van der Waals surface area contributed by atoms with Gasteiger partial charge in [0.05, 0.1) is 42.2 Å². The summed E-state index contributed by atoms with van der Waals surface area (Å²) < 4.78 is 22.7. The zero-order valence-electron chi connectivity index (χ0n) is 17.0. The summed E-state index contributed by atoms with van der Waals surface area (Å²) in [4.78, 5) is 22.8. The van der Waals surface area contributed by atoms with Crippen molar-refractivity contribution in [3.05, 3.63) is 63.4 Å². The maximum Gasteiger partial charge on any atom is 0.150 e. The van der Waals surface area contributed by atoms with Gasteiger partial charge in [0.15, 0.2) is 0 Å². The van der Waals surface area contributed by atoms with Crippen LogP contribution < -0.4 is 10.2 Å². The number of benzene rings is 2. The SMILES string of the molecule is C1COCCN1.O=Cc1ccc(F)c(Cl)c1.O=Cc1ccc(N2CCOCC2)c(Cl)c1. The van der Waals surface area contributed by atoms with Crippen LogP contribution in [0.25, 0.3) is 0 Å². The minimum atomic E-state index is -0.507. The molecule has 0 aliphatic carbocycles. The zero-order chi connectivity index (χ0) is 22.5. The van der Waals surface area contributed by atoms with Crippen LogP contribution in [0.3, 0.4) is 0 Å². The Bertz CT molecular complexity index is 833. The molecule has 4 rings (SSSR count). The van der Waals surface area contributed by atoms with E-state index < -0.39 is 5.82 Å². The van der Waals surface area contributed by atoms with Crippen molar-refractivity contribution >= 4 is 41.5 Å². The van der Waals surface area contributed by atoms with Gasteiger partial charge in [0, 0.05) is 37.3 Å². The van der Waals surface area contributed by atoms with E-state index in [1.807, 2.05) is 6.07 Å². The molecule has 2 aromatic rings. The number of carbonyl (C=O) groups is 2. The first-order valence-corrected chi connectivity index (χ1v) is 10.6. The highest BCUT2D eigenvalue weighted by Crippen LogP contribution is 2.27. The molecule has 0 aromatic heterocycles. The topological polar surface area (TPSA) is 67.9 Å². The fourth-order valence-electron chi connectivity index (χ4n) is 2.76. The number of hydrogen-bond acceptors (Lipinski definition) is 6. The number of hydrogen-bond donors (Lipinski definition) is 1. The van der Waals surface area contributed by atoms with Gasteiger partial charge in [-0.05, 0) is 36.4 Å². The Hall–Kier alpha value is -2.03. The largest absolute Gasteiger partial charge is 0.379 e. The summed E-state index contributed by atoms with van der Waals surface area (Å²) >= 11 is 11.5. The summed E-state index contributed by atoms with van der Waals surface area (Å²) in [7, 11) is 0. The number of anilines is 1. The molecule has 9 heteroatoms. The van der Waals surface area contributed by atoms with Crippen LogP contribution in [0.2, 0.25) is 10.0 Å². The Morgan fingerprint density at radius 1 is 0.839 bits per heavy atom. The lowest BCUT2D eigenvalue weighted by molar-refractivity contribution is 0.109. The van der Waals surface area contributed by atoms with Crippen LogP contribution in [-0.4, -0.2) is 65.2 Å². The zero-order valence-corrected chi connectivity index (χ0v) is 18.5. The second-order valence-electron chi connectivity index (χ2n) is 6.58. The van der Waals surface area contributed by atoms with Crippen molar-refractivity contribution in [2.45, 2.75) is 0 Å². The maximum atomic E-state index is 12.4. The highest BCUT2D eigenvalue weighted by Gasteiger charge is 2.14. The van der Waals surface area contributed by atoms with Gasteiger partial charge in [-0.1, -0.05) is 23.2 Å².